The van der Waals surface area contributed by atoms with Gasteiger partial charge >= 0.3 is 0 Å². The molecule has 1 aromatic heterocycles. The summed E-state index contributed by atoms with van der Waals surface area (Å²) in [5.74, 6) is 0.630. The molecule has 0 amide bonds. The van der Waals surface area contributed by atoms with Crippen LogP contribution in [0.2, 0.25) is 0 Å². The molecule has 1 heterocycles. The van der Waals surface area contributed by atoms with E-state index in [0.29, 0.717) is 12.0 Å². The van der Waals surface area contributed by atoms with Gasteiger partial charge in [0.15, 0.2) is 0 Å². The molecule has 0 aliphatic rings. The molecule has 0 fully saturated rings. The molecule has 4 nitrogen and oxygen atoms in total. The van der Waals surface area contributed by atoms with Gasteiger partial charge in [0.2, 0.25) is 5.95 Å². The molecule has 0 saturated carbocycles. The minimum atomic E-state index is 0.363. The molecular weight excluding hydrogens is 128 g/mol. The average molecular weight is 138 g/mol. The summed E-state index contributed by atoms with van der Waals surface area (Å²) in [5.41, 5.74) is 0. The van der Waals surface area contributed by atoms with Crippen LogP contribution >= 0.6 is 0 Å². The Bertz CT molecular complexity index is 184. The predicted molar refractivity (Wildman–Crippen MR) is 38.6 cm³/mol. The number of aromatic nitrogens is 3. The summed E-state index contributed by atoms with van der Waals surface area (Å²) in [4.78, 5) is 11.5. The van der Waals surface area contributed by atoms with E-state index in [1.165, 1.54) is 12.7 Å². The van der Waals surface area contributed by atoms with Crippen molar-refractivity contribution >= 4 is 5.95 Å². The van der Waals surface area contributed by atoms with Crippen LogP contribution in [0.1, 0.15) is 13.8 Å². The fraction of sp³-hybridized carbons (Fsp3) is 0.500. The Balaban J connectivity index is 2.59. The lowest BCUT2D eigenvalue weighted by molar-refractivity contribution is 0.866. The zero-order valence-electron chi connectivity index (χ0n) is 6.07. The Labute approximate surface area is 59.7 Å². The van der Waals surface area contributed by atoms with Gasteiger partial charge in [-0.3, -0.25) is 0 Å². The first-order valence-electron chi connectivity index (χ1n) is 3.17. The van der Waals surface area contributed by atoms with Crippen molar-refractivity contribution in [1.82, 2.24) is 15.0 Å². The first-order chi connectivity index (χ1) is 4.79. The van der Waals surface area contributed by atoms with Crippen molar-refractivity contribution in [1.29, 1.82) is 0 Å². The molecule has 0 aromatic carbocycles. The summed E-state index contributed by atoms with van der Waals surface area (Å²) >= 11 is 0. The highest BCUT2D eigenvalue weighted by Gasteiger charge is 1.94. The number of rotatable bonds is 2. The molecule has 0 unspecified atom stereocenters. The second-order valence-electron chi connectivity index (χ2n) is 2.26. The van der Waals surface area contributed by atoms with E-state index in [4.69, 9.17) is 0 Å². The quantitative estimate of drug-likeness (QED) is 0.653. The van der Waals surface area contributed by atoms with E-state index in [1.807, 2.05) is 13.8 Å². The van der Waals surface area contributed by atoms with Crippen molar-refractivity contribution in [2.75, 3.05) is 5.32 Å². The molecule has 4 heteroatoms. The number of nitrogens with zero attached hydrogens (tertiary/aromatic N) is 3. The lowest BCUT2D eigenvalue weighted by Crippen LogP contribution is -2.12. The van der Waals surface area contributed by atoms with Gasteiger partial charge in [-0.2, -0.15) is 0 Å². The Kier molecular flexibility index (Phi) is 2.15. The summed E-state index contributed by atoms with van der Waals surface area (Å²) < 4.78 is 0. The van der Waals surface area contributed by atoms with Crippen molar-refractivity contribution in [3.63, 3.8) is 0 Å². The first kappa shape index (κ1) is 6.92. The molecule has 1 aromatic rings. The third-order valence-corrected chi connectivity index (χ3v) is 0.911. The maximum atomic E-state index is 3.89. The summed E-state index contributed by atoms with van der Waals surface area (Å²) in [5, 5.41) is 3.04. The van der Waals surface area contributed by atoms with Gasteiger partial charge in [-0.1, -0.05) is 0 Å². The van der Waals surface area contributed by atoms with Crippen LogP contribution < -0.4 is 5.32 Å². The fourth-order valence-corrected chi connectivity index (χ4v) is 0.572. The largest absolute Gasteiger partial charge is 0.352 e. The second kappa shape index (κ2) is 3.10. The molecule has 0 aliphatic heterocycles. The van der Waals surface area contributed by atoms with Crippen molar-refractivity contribution in [2.24, 2.45) is 0 Å². The van der Waals surface area contributed by atoms with Gasteiger partial charge in [0.1, 0.15) is 12.7 Å². The highest BCUT2D eigenvalue weighted by Crippen LogP contribution is 1.94. The molecule has 10 heavy (non-hydrogen) atoms. The topological polar surface area (TPSA) is 50.7 Å². The van der Waals surface area contributed by atoms with E-state index >= 15 is 0 Å². The number of nitrogens with one attached hydrogen (secondary N) is 1. The zero-order chi connectivity index (χ0) is 7.40. The van der Waals surface area contributed by atoms with Gasteiger partial charge in [-0.15, -0.1) is 0 Å². The minimum absolute atomic E-state index is 0.363. The van der Waals surface area contributed by atoms with E-state index in [0.717, 1.165) is 0 Å². The van der Waals surface area contributed by atoms with Crippen LogP contribution in [0.25, 0.3) is 0 Å². The number of hydrogen-bond acceptors (Lipinski definition) is 4. The molecule has 0 aliphatic carbocycles. The first-order valence-corrected chi connectivity index (χ1v) is 3.17. The van der Waals surface area contributed by atoms with Gasteiger partial charge in [-0.05, 0) is 13.8 Å². The van der Waals surface area contributed by atoms with E-state index < -0.39 is 0 Å². The standard InChI is InChI=1S/C6H10N4/c1-5(2)10-6-8-3-7-4-9-6/h3-5H,1-2H3,(H,7,8,9,10). The average Bonchev–Trinajstić information content (AvgIpc) is 1.88. The van der Waals surface area contributed by atoms with Crippen LogP contribution in [0.4, 0.5) is 5.95 Å². The molecule has 0 atom stereocenters. The Hall–Kier alpha value is -1.19. The van der Waals surface area contributed by atoms with Gasteiger partial charge in [0.25, 0.3) is 0 Å². The molecule has 0 radical (unpaired) electrons. The van der Waals surface area contributed by atoms with Crippen molar-refractivity contribution in [3.05, 3.63) is 12.7 Å². The smallest absolute Gasteiger partial charge is 0.225 e. The van der Waals surface area contributed by atoms with Crippen molar-refractivity contribution in [3.8, 4) is 0 Å². The lowest BCUT2D eigenvalue weighted by atomic mass is 10.4. The third kappa shape index (κ3) is 1.97. The van der Waals surface area contributed by atoms with Crippen molar-refractivity contribution < 1.29 is 0 Å². The molecule has 0 saturated heterocycles. The molecule has 54 valence electrons. The Morgan fingerprint density at radius 3 is 2.40 bits per heavy atom. The summed E-state index contributed by atoms with van der Waals surface area (Å²) in [6, 6.07) is 0.363. The van der Waals surface area contributed by atoms with E-state index in [2.05, 4.69) is 20.3 Å². The van der Waals surface area contributed by atoms with Crippen LogP contribution in [0.3, 0.4) is 0 Å². The molecule has 0 bridgehead atoms. The second-order valence-corrected chi connectivity index (χ2v) is 2.26. The Morgan fingerprint density at radius 2 is 1.90 bits per heavy atom. The molecule has 1 N–H and O–H groups in total. The Morgan fingerprint density at radius 1 is 1.30 bits per heavy atom. The maximum Gasteiger partial charge on any atom is 0.225 e. The van der Waals surface area contributed by atoms with E-state index in [9.17, 15) is 0 Å². The number of anilines is 1. The highest BCUT2D eigenvalue weighted by molar-refractivity contribution is 5.21. The lowest BCUT2D eigenvalue weighted by Gasteiger charge is -2.05. The number of hydrogen-bond donors (Lipinski definition) is 1. The highest BCUT2D eigenvalue weighted by atomic mass is 15.1. The monoisotopic (exact) mass is 138 g/mol. The van der Waals surface area contributed by atoms with Gasteiger partial charge < -0.3 is 5.32 Å². The minimum Gasteiger partial charge on any atom is -0.352 e. The third-order valence-electron chi connectivity index (χ3n) is 0.911. The van der Waals surface area contributed by atoms with Crippen LogP contribution in [-0.2, 0) is 0 Å². The zero-order valence-corrected chi connectivity index (χ0v) is 6.07. The van der Waals surface area contributed by atoms with Gasteiger partial charge in [0.05, 0.1) is 0 Å². The summed E-state index contributed by atoms with van der Waals surface area (Å²) in [6.45, 7) is 4.06. The normalized spacial score (nSPS) is 9.90. The maximum absolute atomic E-state index is 3.89. The molecule has 1 rings (SSSR count). The van der Waals surface area contributed by atoms with Crippen molar-refractivity contribution in [2.45, 2.75) is 19.9 Å². The summed E-state index contributed by atoms with van der Waals surface area (Å²) in [7, 11) is 0. The fourth-order valence-electron chi connectivity index (χ4n) is 0.572. The van der Waals surface area contributed by atoms with Crippen LogP contribution in [-0.4, -0.2) is 21.0 Å². The van der Waals surface area contributed by atoms with Gasteiger partial charge in [-0.25, -0.2) is 15.0 Å². The SMILES string of the molecule is CC(C)Nc1ncncn1. The molecule has 0 spiro atoms. The van der Waals surface area contributed by atoms with Crippen LogP contribution in [0, 0.1) is 0 Å². The predicted octanol–water partition coefficient (Wildman–Crippen LogP) is 0.692. The van der Waals surface area contributed by atoms with Crippen LogP contribution in [0.5, 0.6) is 0 Å². The molecular formula is C6H10N4. The van der Waals surface area contributed by atoms with Gasteiger partial charge in [0, 0.05) is 6.04 Å². The van der Waals surface area contributed by atoms with E-state index in [-0.39, 0.29) is 0 Å². The summed E-state index contributed by atoms with van der Waals surface area (Å²) in [6.07, 6.45) is 2.94. The van der Waals surface area contributed by atoms with E-state index in [1.54, 1.807) is 0 Å². The van der Waals surface area contributed by atoms with Crippen LogP contribution in [0.15, 0.2) is 12.7 Å².